The Balaban J connectivity index is 1.99. The second-order valence-electron chi connectivity index (χ2n) is 4.11. The van der Waals surface area contributed by atoms with Crippen molar-refractivity contribution in [1.29, 1.82) is 0 Å². The summed E-state index contributed by atoms with van der Waals surface area (Å²) in [6.07, 6.45) is 1.10. The minimum atomic E-state index is 0.428. The smallest absolute Gasteiger partial charge is 0.0798 e. The molecule has 2 nitrogen and oxygen atoms in total. The van der Waals surface area contributed by atoms with Crippen LogP contribution in [0.1, 0.15) is 35.5 Å². The summed E-state index contributed by atoms with van der Waals surface area (Å²) < 4.78 is 0. The van der Waals surface area contributed by atoms with E-state index in [1.807, 2.05) is 5.51 Å². The Bertz CT molecular complexity index is 450. The van der Waals surface area contributed by atoms with Gasteiger partial charge in [-0.25, -0.2) is 4.98 Å². The molecule has 1 atom stereocenters. The van der Waals surface area contributed by atoms with E-state index < -0.39 is 0 Å². The molecule has 1 N–H and O–H groups in total. The highest BCUT2D eigenvalue weighted by Crippen LogP contribution is 2.18. The molecule has 1 heterocycles. The minimum Gasteiger partial charge on any atom is -0.305 e. The molecule has 1 aromatic heterocycles. The Labute approximate surface area is 107 Å². The molecule has 0 saturated carbocycles. The second-order valence-corrected chi connectivity index (χ2v) is 5.05. The fourth-order valence-electron chi connectivity index (χ4n) is 1.90. The fourth-order valence-corrected chi connectivity index (χ4v) is 2.62. The topological polar surface area (TPSA) is 24.9 Å². The average Bonchev–Trinajstić information content (AvgIpc) is 2.77. The zero-order valence-electron chi connectivity index (χ0n) is 10.3. The first kappa shape index (κ1) is 12.3. The third kappa shape index (κ3) is 3.14. The lowest BCUT2D eigenvalue weighted by Crippen LogP contribution is -2.20. The molecule has 2 rings (SSSR count). The van der Waals surface area contributed by atoms with Crippen molar-refractivity contribution in [2.24, 2.45) is 0 Å². The van der Waals surface area contributed by atoms with Gasteiger partial charge in [0.05, 0.1) is 11.2 Å². The van der Waals surface area contributed by atoms with E-state index in [4.69, 9.17) is 0 Å². The number of benzene rings is 1. The standard InChI is InChI=1S/C14H18N2S/c1-3-13(12-7-5-4-6-8-12)15-9-14-11(2)16-10-17-14/h4-8,10,13,15H,3,9H2,1-2H3. The van der Waals surface area contributed by atoms with Gasteiger partial charge in [0.15, 0.2) is 0 Å². The Kier molecular flexibility index (Phi) is 4.29. The van der Waals surface area contributed by atoms with E-state index in [0.29, 0.717) is 6.04 Å². The van der Waals surface area contributed by atoms with Crippen molar-refractivity contribution < 1.29 is 0 Å². The van der Waals surface area contributed by atoms with Gasteiger partial charge in [-0.15, -0.1) is 11.3 Å². The molecule has 0 bridgehead atoms. The molecule has 2 aromatic rings. The molecule has 0 fully saturated rings. The van der Waals surface area contributed by atoms with Crippen LogP contribution in [0.2, 0.25) is 0 Å². The highest BCUT2D eigenvalue weighted by molar-refractivity contribution is 7.09. The number of nitrogens with zero attached hydrogens (tertiary/aromatic N) is 1. The van der Waals surface area contributed by atoms with Gasteiger partial charge in [0.25, 0.3) is 0 Å². The maximum atomic E-state index is 4.27. The molecule has 90 valence electrons. The lowest BCUT2D eigenvalue weighted by molar-refractivity contribution is 0.521. The molecule has 0 spiro atoms. The van der Waals surface area contributed by atoms with Gasteiger partial charge in [0, 0.05) is 17.5 Å². The van der Waals surface area contributed by atoms with Gasteiger partial charge in [0.2, 0.25) is 0 Å². The van der Waals surface area contributed by atoms with Gasteiger partial charge in [-0.2, -0.15) is 0 Å². The molecule has 0 saturated heterocycles. The van der Waals surface area contributed by atoms with Crippen LogP contribution in [-0.2, 0) is 6.54 Å². The van der Waals surface area contributed by atoms with E-state index >= 15 is 0 Å². The van der Waals surface area contributed by atoms with Crippen LogP contribution in [0, 0.1) is 6.92 Å². The van der Waals surface area contributed by atoms with E-state index in [0.717, 1.165) is 18.7 Å². The Morgan fingerprint density at radius 1 is 1.29 bits per heavy atom. The van der Waals surface area contributed by atoms with E-state index in [2.05, 4.69) is 54.5 Å². The average molecular weight is 246 g/mol. The Morgan fingerprint density at radius 2 is 2.06 bits per heavy atom. The number of hydrogen-bond acceptors (Lipinski definition) is 3. The number of thiazole rings is 1. The third-order valence-electron chi connectivity index (χ3n) is 2.96. The van der Waals surface area contributed by atoms with Crippen LogP contribution < -0.4 is 5.32 Å². The van der Waals surface area contributed by atoms with Crippen molar-refractivity contribution >= 4 is 11.3 Å². The van der Waals surface area contributed by atoms with Crippen LogP contribution in [-0.4, -0.2) is 4.98 Å². The summed E-state index contributed by atoms with van der Waals surface area (Å²) in [5, 5.41) is 3.60. The lowest BCUT2D eigenvalue weighted by Gasteiger charge is -2.17. The third-order valence-corrected chi connectivity index (χ3v) is 3.90. The van der Waals surface area contributed by atoms with Gasteiger partial charge < -0.3 is 5.32 Å². The maximum Gasteiger partial charge on any atom is 0.0798 e. The predicted molar refractivity (Wildman–Crippen MR) is 73.2 cm³/mol. The second kappa shape index (κ2) is 5.94. The van der Waals surface area contributed by atoms with Crippen molar-refractivity contribution in [3.63, 3.8) is 0 Å². The molecule has 17 heavy (non-hydrogen) atoms. The normalized spacial score (nSPS) is 12.6. The molecule has 0 amide bonds. The van der Waals surface area contributed by atoms with Gasteiger partial charge >= 0.3 is 0 Å². The van der Waals surface area contributed by atoms with Gasteiger partial charge in [-0.3, -0.25) is 0 Å². The molecule has 1 aromatic carbocycles. The van der Waals surface area contributed by atoms with E-state index in [1.54, 1.807) is 11.3 Å². The first-order chi connectivity index (χ1) is 8.31. The highest BCUT2D eigenvalue weighted by Gasteiger charge is 2.09. The summed E-state index contributed by atoms with van der Waals surface area (Å²) in [5.74, 6) is 0. The van der Waals surface area contributed by atoms with E-state index in [9.17, 15) is 0 Å². The zero-order chi connectivity index (χ0) is 12.1. The molecule has 1 unspecified atom stereocenters. The Hall–Kier alpha value is -1.19. The van der Waals surface area contributed by atoms with Crippen LogP contribution in [0.15, 0.2) is 35.8 Å². The van der Waals surface area contributed by atoms with Crippen molar-refractivity contribution in [2.75, 3.05) is 0 Å². The monoisotopic (exact) mass is 246 g/mol. The highest BCUT2D eigenvalue weighted by atomic mass is 32.1. The largest absolute Gasteiger partial charge is 0.305 e. The summed E-state index contributed by atoms with van der Waals surface area (Å²) >= 11 is 1.72. The van der Waals surface area contributed by atoms with Gasteiger partial charge in [-0.05, 0) is 18.9 Å². The first-order valence-electron chi connectivity index (χ1n) is 5.98. The summed E-state index contributed by atoms with van der Waals surface area (Å²) in [4.78, 5) is 5.60. The first-order valence-corrected chi connectivity index (χ1v) is 6.86. The Morgan fingerprint density at radius 3 is 2.65 bits per heavy atom. The van der Waals surface area contributed by atoms with Crippen molar-refractivity contribution in [1.82, 2.24) is 10.3 Å². The predicted octanol–water partition coefficient (Wildman–Crippen LogP) is 3.69. The van der Waals surface area contributed by atoms with E-state index in [-0.39, 0.29) is 0 Å². The minimum absolute atomic E-state index is 0.428. The molecular weight excluding hydrogens is 228 g/mol. The molecule has 3 heteroatoms. The molecule has 0 aliphatic rings. The van der Waals surface area contributed by atoms with Crippen LogP contribution >= 0.6 is 11.3 Å². The maximum absolute atomic E-state index is 4.27. The summed E-state index contributed by atoms with van der Waals surface area (Å²) in [6.45, 7) is 5.19. The molecule has 0 radical (unpaired) electrons. The SMILES string of the molecule is CCC(NCc1scnc1C)c1ccccc1. The van der Waals surface area contributed by atoms with Crippen molar-refractivity contribution in [3.8, 4) is 0 Å². The number of rotatable bonds is 5. The summed E-state index contributed by atoms with van der Waals surface area (Å²) in [6, 6.07) is 11.0. The van der Waals surface area contributed by atoms with Crippen molar-refractivity contribution in [3.05, 3.63) is 52.0 Å². The number of hydrogen-bond donors (Lipinski definition) is 1. The molecule has 0 aliphatic carbocycles. The van der Waals surface area contributed by atoms with Crippen LogP contribution in [0.25, 0.3) is 0 Å². The fraction of sp³-hybridized carbons (Fsp3) is 0.357. The zero-order valence-corrected chi connectivity index (χ0v) is 11.1. The lowest BCUT2D eigenvalue weighted by atomic mass is 10.0. The summed E-state index contributed by atoms with van der Waals surface area (Å²) in [7, 11) is 0. The van der Waals surface area contributed by atoms with Crippen molar-refractivity contribution in [2.45, 2.75) is 32.9 Å². The number of nitrogens with one attached hydrogen (secondary N) is 1. The van der Waals surface area contributed by atoms with Crippen LogP contribution in [0.5, 0.6) is 0 Å². The van der Waals surface area contributed by atoms with E-state index in [1.165, 1.54) is 10.4 Å². The quantitative estimate of drug-likeness (QED) is 0.870. The van der Waals surface area contributed by atoms with Crippen LogP contribution in [0.3, 0.4) is 0 Å². The van der Waals surface area contributed by atoms with Crippen LogP contribution in [0.4, 0.5) is 0 Å². The van der Waals surface area contributed by atoms with Gasteiger partial charge in [-0.1, -0.05) is 37.3 Å². The number of aromatic nitrogens is 1. The van der Waals surface area contributed by atoms with Gasteiger partial charge in [0.1, 0.15) is 0 Å². The summed E-state index contributed by atoms with van der Waals surface area (Å²) in [5.41, 5.74) is 4.41. The molecular formula is C14H18N2S. The number of aryl methyl sites for hydroxylation is 1. The molecule has 0 aliphatic heterocycles.